The van der Waals surface area contributed by atoms with Gasteiger partial charge in [-0.25, -0.2) is 0 Å². The van der Waals surface area contributed by atoms with Crippen LogP contribution in [0.4, 0.5) is 11.5 Å². The van der Waals surface area contributed by atoms with Crippen LogP contribution in [-0.2, 0) is 11.2 Å². The first-order valence-corrected chi connectivity index (χ1v) is 10.5. The van der Waals surface area contributed by atoms with Gasteiger partial charge in [0.2, 0.25) is 11.7 Å². The molecule has 3 N–H and O–H groups in total. The molecular formula is C26H27N3O4. The fourth-order valence-corrected chi connectivity index (χ4v) is 3.85. The number of aromatic amines is 1. The Balaban J connectivity index is 1.65. The number of hydrogen-bond acceptors (Lipinski definition) is 5. The standard InChI is InChI=1S/C26H27N3O4/c1-27-24(30)12-16-8-10-17(11-9-16)20-7-5-6-18-13-23(29-25(18)20)28-19-14-21(31-2)26(33-4)22(15-19)32-3/h5-11,13-15,28-29H,12H2,1-4H3,(H,27,30). The molecule has 0 saturated heterocycles. The quantitative estimate of drug-likeness (QED) is 0.360. The molecule has 33 heavy (non-hydrogen) atoms. The molecule has 4 aromatic rings. The minimum Gasteiger partial charge on any atom is -0.493 e. The minimum atomic E-state index is -0.00303. The molecule has 0 unspecified atom stereocenters. The van der Waals surface area contributed by atoms with Gasteiger partial charge < -0.3 is 29.8 Å². The summed E-state index contributed by atoms with van der Waals surface area (Å²) in [7, 11) is 6.41. The summed E-state index contributed by atoms with van der Waals surface area (Å²) in [5.41, 5.74) is 4.95. The number of H-pyrrole nitrogens is 1. The van der Waals surface area contributed by atoms with E-state index in [1.54, 1.807) is 28.4 Å². The van der Waals surface area contributed by atoms with Crippen LogP contribution in [0.5, 0.6) is 17.2 Å². The molecule has 3 aromatic carbocycles. The number of ether oxygens (including phenoxy) is 3. The van der Waals surface area contributed by atoms with Crippen molar-refractivity contribution in [1.82, 2.24) is 10.3 Å². The summed E-state index contributed by atoms with van der Waals surface area (Å²) in [6.45, 7) is 0. The van der Waals surface area contributed by atoms with Crippen molar-refractivity contribution in [3.05, 3.63) is 66.2 Å². The maximum atomic E-state index is 11.6. The van der Waals surface area contributed by atoms with E-state index in [2.05, 4.69) is 33.8 Å². The maximum absolute atomic E-state index is 11.6. The molecule has 1 heterocycles. The van der Waals surface area contributed by atoms with Crippen molar-refractivity contribution in [2.75, 3.05) is 33.7 Å². The summed E-state index contributed by atoms with van der Waals surface area (Å²) in [4.78, 5) is 15.1. The van der Waals surface area contributed by atoms with Gasteiger partial charge in [-0.3, -0.25) is 4.79 Å². The smallest absolute Gasteiger partial charge is 0.224 e. The largest absolute Gasteiger partial charge is 0.493 e. The SMILES string of the molecule is CNC(=O)Cc1ccc(-c2cccc3cc(Nc4cc(OC)c(OC)c(OC)c4)[nH]c23)cc1. The van der Waals surface area contributed by atoms with Gasteiger partial charge in [-0.2, -0.15) is 0 Å². The van der Waals surface area contributed by atoms with Crippen LogP contribution < -0.4 is 24.8 Å². The summed E-state index contributed by atoms with van der Waals surface area (Å²) in [5.74, 6) is 2.53. The number of hydrogen-bond donors (Lipinski definition) is 3. The Bertz CT molecular complexity index is 1250. The number of anilines is 2. The zero-order valence-electron chi connectivity index (χ0n) is 19.1. The van der Waals surface area contributed by atoms with E-state index in [0.29, 0.717) is 23.7 Å². The highest BCUT2D eigenvalue weighted by Gasteiger charge is 2.14. The molecule has 170 valence electrons. The van der Waals surface area contributed by atoms with Crippen molar-refractivity contribution in [2.24, 2.45) is 0 Å². The van der Waals surface area contributed by atoms with Crippen LogP contribution in [0.1, 0.15) is 5.56 Å². The number of benzene rings is 3. The Labute approximate surface area is 192 Å². The Morgan fingerprint density at radius 3 is 2.21 bits per heavy atom. The van der Waals surface area contributed by atoms with Crippen molar-refractivity contribution in [1.29, 1.82) is 0 Å². The highest BCUT2D eigenvalue weighted by molar-refractivity contribution is 5.97. The molecule has 0 aliphatic heterocycles. The van der Waals surface area contributed by atoms with Crippen molar-refractivity contribution >= 4 is 28.3 Å². The molecule has 0 bridgehead atoms. The van der Waals surface area contributed by atoms with Crippen LogP contribution in [0.2, 0.25) is 0 Å². The van der Waals surface area contributed by atoms with Gasteiger partial charge in [-0.15, -0.1) is 0 Å². The lowest BCUT2D eigenvalue weighted by atomic mass is 10.0. The van der Waals surface area contributed by atoms with E-state index in [-0.39, 0.29) is 5.91 Å². The molecule has 1 amide bonds. The van der Waals surface area contributed by atoms with Crippen LogP contribution in [-0.4, -0.2) is 39.3 Å². The first-order chi connectivity index (χ1) is 16.1. The second-order valence-corrected chi connectivity index (χ2v) is 7.54. The number of fused-ring (bicyclic) bond motifs is 1. The predicted molar refractivity (Wildman–Crippen MR) is 131 cm³/mol. The number of para-hydroxylation sites is 1. The number of aromatic nitrogens is 1. The number of likely N-dealkylation sites (N-methyl/N-ethyl adjacent to an activating group) is 1. The van der Waals surface area contributed by atoms with E-state index in [0.717, 1.165) is 39.1 Å². The molecule has 0 saturated carbocycles. The number of amides is 1. The van der Waals surface area contributed by atoms with Gasteiger partial charge in [0.05, 0.1) is 33.3 Å². The highest BCUT2D eigenvalue weighted by atomic mass is 16.5. The number of nitrogens with one attached hydrogen (secondary N) is 3. The topological polar surface area (TPSA) is 84.6 Å². The lowest BCUT2D eigenvalue weighted by Crippen LogP contribution is -2.19. The molecule has 0 aliphatic rings. The third-order valence-electron chi connectivity index (χ3n) is 5.51. The van der Waals surface area contributed by atoms with E-state index < -0.39 is 0 Å². The number of rotatable bonds is 8. The van der Waals surface area contributed by atoms with Crippen LogP contribution >= 0.6 is 0 Å². The molecule has 7 heteroatoms. The fourth-order valence-electron chi connectivity index (χ4n) is 3.85. The van der Waals surface area contributed by atoms with Crippen molar-refractivity contribution in [2.45, 2.75) is 6.42 Å². The summed E-state index contributed by atoms with van der Waals surface area (Å²) in [6, 6.07) is 20.0. The highest BCUT2D eigenvalue weighted by Crippen LogP contribution is 2.41. The molecule has 0 spiro atoms. The van der Waals surface area contributed by atoms with Crippen molar-refractivity contribution in [3.63, 3.8) is 0 Å². The van der Waals surface area contributed by atoms with E-state index in [4.69, 9.17) is 14.2 Å². The molecule has 4 rings (SSSR count). The second kappa shape index (κ2) is 9.56. The molecule has 0 aliphatic carbocycles. The fraction of sp³-hybridized carbons (Fsp3) is 0.192. The lowest BCUT2D eigenvalue weighted by Gasteiger charge is -2.14. The number of carbonyl (C=O) groups excluding carboxylic acids is 1. The summed E-state index contributed by atoms with van der Waals surface area (Å²) < 4.78 is 16.3. The Hall–Kier alpha value is -4.13. The van der Waals surface area contributed by atoms with Gasteiger partial charge in [0.15, 0.2) is 11.5 Å². The summed E-state index contributed by atoms with van der Waals surface area (Å²) in [6.07, 6.45) is 0.367. The first-order valence-electron chi connectivity index (χ1n) is 10.5. The number of methoxy groups -OCH3 is 3. The van der Waals surface area contributed by atoms with Crippen molar-refractivity contribution < 1.29 is 19.0 Å². The number of carbonyl (C=O) groups is 1. The molecule has 0 radical (unpaired) electrons. The maximum Gasteiger partial charge on any atom is 0.224 e. The zero-order chi connectivity index (χ0) is 23.4. The van der Waals surface area contributed by atoms with E-state index in [1.807, 2.05) is 42.5 Å². The summed E-state index contributed by atoms with van der Waals surface area (Å²) >= 11 is 0. The van der Waals surface area contributed by atoms with Crippen LogP contribution in [0.25, 0.3) is 22.0 Å². The van der Waals surface area contributed by atoms with Crippen LogP contribution in [0.3, 0.4) is 0 Å². The van der Waals surface area contributed by atoms with Crippen LogP contribution in [0.15, 0.2) is 60.7 Å². The van der Waals surface area contributed by atoms with Crippen molar-refractivity contribution in [3.8, 4) is 28.4 Å². The average molecular weight is 446 g/mol. The Morgan fingerprint density at radius 2 is 1.61 bits per heavy atom. The van der Waals surface area contributed by atoms with Gasteiger partial charge in [0.1, 0.15) is 5.82 Å². The Kier molecular flexibility index (Phi) is 6.40. The van der Waals surface area contributed by atoms with Gasteiger partial charge >= 0.3 is 0 Å². The van der Waals surface area contributed by atoms with E-state index in [1.165, 1.54) is 0 Å². The molecule has 0 fully saturated rings. The minimum absolute atomic E-state index is 0.00303. The molecular weight excluding hydrogens is 418 g/mol. The molecule has 1 aromatic heterocycles. The zero-order valence-corrected chi connectivity index (χ0v) is 19.1. The van der Waals surface area contributed by atoms with Gasteiger partial charge in [-0.1, -0.05) is 42.5 Å². The third kappa shape index (κ3) is 4.57. The lowest BCUT2D eigenvalue weighted by molar-refractivity contribution is -0.119. The first kappa shape index (κ1) is 22.1. The third-order valence-corrected chi connectivity index (χ3v) is 5.51. The van der Waals surface area contributed by atoms with Gasteiger partial charge in [0.25, 0.3) is 0 Å². The second-order valence-electron chi connectivity index (χ2n) is 7.54. The monoisotopic (exact) mass is 445 g/mol. The predicted octanol–water partition coefficient (Wildman–Crippen LogP) is 4.89. The van der Waals surface area contributed by atoms with E-state index >= 15 is 0 Å². The van der Waals surface area contributed by atoms with Crippen LogP contribution in [0, 0.1) is 0 Å². The molecule has 7 nitrogen and oxygen atoms in total. The average Bonchev–Trinajstić information content (AvgIpc) is 3.26. The van der Waals surface area contributed by atoms with Gasteiger partial charge in [0, 0.05) is 35.8 Å². The Morgan fingerprint density at radius 1 is 0.909 bits per heavy atom. The summed E-state index contributed by atoms with van der Waals surface area (Å²) in [5, 5.41) is 7.13. The normalized spacial score (nSPS) is 10.7. The van der Waals surface area contributed by atoms with E-state index in [9.17, 15) is 4.79 Å². The molecule has 0 atom stereocenters. The van der Waals surface area contributed by atoms with Gasteiger partial charge in [-0.05, 0) is 17.2 Å².